The molecule has 4 nitrogen and oxygen atoms in total. The van der Waals surface area contributed by atoms with Crippen molar-refractivity contribution in [2.45, 2.75) is 12.9 Å². The molecule has 1 amide bonds. The third-order valence-electron chi connectivity index (χ3n) is 2.54. The van der Waals surface area contributed by atoms with Crippen molar-refractivity contribution in [3.8, 4) is 5.75 Å². The average molecular weight is 367 g/mol. The second-order valence-corrected chi connectivity index (χ2v) is 5.34. The molecule has 2 aromatic rings. The van der Waals surface area contributed by atoms with E-state index in [1.807, 2.05) is 17.5 Å². The van der Waals surface area contributed by atoms with Gasteiger partial charge in [-0.25, -0.2) is 0 Å². The normalized spacial score (nSPS) is 10.7. The highest BCUT2D eigenvalue weighted by atomic mass is 35.5. The maximum absolute atomic E-state index is 12.0. The number of hydrogen-bond donors (Lipinski definition) is 2. The summed E-state index contributed by atoms with van der Waals surface area (Å²) in [5.74, 6) is -0.609. The van der Waals surface area contributed by atoms with Crippen molar-refractivity contribution in [1.82, 2.24) is 5.32 Å². The van der Waals surface area contributed by atoms with Crippen LogP contribution in [0.1, 0.15) is 4.88 Å². The Kier molecular flexibility index (Phi) is 7.34. The molecule has 0 aliphatic carbocycles. The predicted molar refractivity (Wildman–Crippen MR) is 85.0 cm³/mol. The molecule has 0 spiro atoms. The zero-order valence-corrected chi connectivity index (χ0v) is 13.4. The summed E-state index contributed by atoms with van der Waals surface area (Å²) < 4.78 is 39.8. The lowest BCUT2D eigenvalue weighted by molar-refractivity contribution is -0.274. The third-order valence-corrected chi connectivity index (χ3v) is 3.41. The lowest BCUT2D eigenvalue weighted by atomic mass is 10.3. The Morgan fingerprint density at radius 2 is 1.87 bits per heavy atom. The Labute approximate surface area is 141 Å². The van der Waals surface area contributed by atoms with Gasteiger partial charge in [0.15, 0.2) is 0 Å². The van der Waals surface area contributed by atoms with Gasteiger partial charge in [0.1, 0.15) is 5.75 Å². The highest BCUT2D eigenvalue weighted by Gasteiger charge is 2.30. The van der Waals surface area contributed by atoms with Crippen molar-refractivity contribution in [3.05, 3.63) is 46.7 Å². The van der Waals surface area contributed by atoms with Gasteiger partial charge in [-0.2, -0.15) is 0 Å². The minimum Gasteiger partial charge on any atom is -0.406 e. The van der Waals surface area contributed by atoms with Crippen LogP contribution < -0.4 is 15.4 Å². The Balaban J connectivity index is 0.00000264. The number of hydrogen-bond acceptors (Lipinski definition) is 4. The summed E-state index contributed by atoms with van der Waals surface area (Å²) in [6.45, 7) is 0.697. The molecule has 1 heterocycles. The van der Waals surface area contributed by atoms with Gasteiger partial charge in [0.05, 0.1) is 6.54 Å². The Bertz CT molecular complexity index is 603. The first kappa shape index (κ1) is 19.3. The van der Waals surface area contributed by atoms with Gasteiger partial charge in [0, 0.05) is 17.1 Å². The molecule has 0 bridgehead atoms. The summed E-state index contributed by atoms with van der Waals surface area (Å²) in [5.41, 5.74) is 0.400. The summed E-state index contributed by atoms with van der Waals surface area (Å²) in [6, 6.07) is 8.85. The van der Waals surface area contributed by atoms with Crippen molar-refractivity contribution >= 4 is 35.3 Å². The number of benzene rings is 1. The molecule has 23 heavy (non-hydrogen) atoms. The smallest absolute Gasteiger partial charge is 0.406 e. The monoisotopic (exact) mass is 366 g/mol. The molecule has 2 N–H and O–H groups in total. The predicted octanol–water partition coefficient (Wildman–Crippen LogP) is 3.80. The zero-order chi connectivity index (χ0) is 16.0. The third kappa shape index (κ3) is 7.36. The number of ether oxygens (including phenoxy) is 1. The van der Waals surface area contributed by atoms with Crippen molar-refractivity contribution in [2.24, 2.45) is 0 Å². The second kappa shape index (κ2) is 8.76. The minimum atomic E-state index is -4.73. The van der Waals surface area contributed by atoms with E-state index in [0.717, 1.165) is 17.0 Å². The fraction of sp³-hybridized carbons (Fsp3) is 0.214. The van der Waals surface area contributed by atoms with Crippen LogP contribution in [0.5, 0.6) is 5.75 Å². The molecular formula is C14H14ClF3N2O2S. The standard InChI is InChI=1S/C14H13F3N2O2S.ClH/c15-14(16,17)21-11-5-3-10(4-6-11)19-13(20)9-18-8-12-2-1-7-22-12;/h1-7,18H,8-9H2,(H,19,20);1H. The van der Waals surface area contributed by atoms with Crippen LogP contribution in [0.25, 0.3) is 0 Å². The van der Waals surface area contributed by atoms with Crippen LogP contribution in [-0.4, -0.2) is 18.8 Å². The van der Waals surface area contributed by atoms with Gasteiger partial charge in [0.2, 0.25) is 5.91 Å². The molecule has 126 valence electrons. The van der Waals surface area contributed by atoms with Crippen molar-refractivity contribution in [1.29, 1.82) is 0 Å². The number of amides is 1. The molecule has 9 heteroatoms. The van der Waals surface area contributed by atoms with E-state index in [0.29, 0.717) is 12.2 Å². The van der Waals surface area contributed by atoms with Crippen molar-refractivity contribution in [3.63, 3.8) is 0 Å². The van der Waals surface area contributed by atoms with Gasteiger partial charge in [-0.15, -0.1) is 36.9 Å². The zero-order valence-electron chi connectivity index (χ0n) is 11.7. The highest BCUT2D eigenvalue weighted by Crippen LogP contribution is 2.23. The first-order valence-corrected chi connectivity index (χ1v) is 7.19. The lowest BCUT2D eigenvalue weighted by Crippen LogP contribution is -2.27. The Morgan fingerprint density at radius 3 is 2.43 bits per heavy atom. The summed E-state index contributed by atoms with van der Waals surface area (Å²) in [5, 5.41) is 7.50. The Morgan fingerprint density at radius 1 is 1.17 bits per heavy atom. The summed E-state index contributed by atoms with van der Waals surface area (Å²) >= 11 is 1.58. The average Bonchev–Trinajstić information content (AvgIpc) is 2.92. The van der Waals surface area contributed by atoms with Gasteiger partial charge >= 0.3 is 6.36 Å². The van der Waals surface area contributed by atoms with Crippen LogP contribution >= 0.6 is 23.7 Å². The molecule has 0 saturated carbocycles. The van der Waals surface area contributed by atoms with Crippen molar-refractivity contribution < 1.29 is 22.7 Å². The summed E-state index contributed by atoms with van der Waals surface area (Å²) in [6.07, 6.45) is -4.73. The summed E-state index contributed by atoms with van der Waals surface area (Å²) in [4.78, 5) is 12.8. The van der Waals surface area contributed by atoms with Crippen LogP contribution in [0.2, 0.25) is 0 Å². The number of nitrogens with one attached hydrogen (secondary N) is 2. The maximum Gasteiger partial charge on any atom is 0.573 e. The topological polar surface area (TPSA) is 50.4 Å². The first-order chi connectivity index (χ1) is 10.4. The molecule has 0 aliphatic rings. The van der Waals surface area contributed by atoms with Gasteiger partial charge in [-0.05, 0) is 35.7 Å². The number of halogens is 4. The number of thiophene rings is 1. The van der Waals surface area contributed by atoms with E-state index < -0.39 is 6.36 Å². The van der Waals surface area contributed by atoms with Crippen LogP contribution in [0, 0.1) is 0 Å². The fourth-order valence-electron chi connectivity index (χ4n) is 1.66. The molecule has 1 aromatic carbocycles. The largest absolute Gasteiger partial charge is 0.573 e. The van der Waals surface area contributed by atoms with Crippen LogP contribution in [0.4, 0.5) is 18.9 Å². The van der Waals surface area contributed by atoms with Crippen LogP contribution in [0.3, 0.4) is 0 Å². The van der Waals surface area contributed by atoms with Crippen molar-refractivity contribution in [2.75, 3.05) is 11.9 Å². The number of carbonyl (C=O) groups excluding carboxylic acids is 1. The fourth-order valence-corrected chi connectivity index (χ4v) is 2.33. The number of carbonyl (C=O) groups is 1. The van der Waals surface area contributed by atoms with Crippen LogP contribution in [-0.2, 0) is 11.3 Å². The molecule has 0 unspecified atom stereocenters. The van der Waals surface area contributed by atoms with Crippen LogP contribution in [0.15, 0.2) is 41.8 Å². The van der Waals surface area contributed by atoms with E-state index in [1.54, 1.807) is 11.3 Å². The molecule has 0 saturated heterocycles. The Hall–Kier alpha value is -1.77. The van der Waals surface area contributed by atoms with Gasteiger partial charge < -0.3 is 15.4 Å². The molecule has 0 fully saturated rings. The molecule has 0 aliphatic heterocycles. The van der Waals surface area contributed by atoms with E-state index in [9.17, 15) is 18.0 Å². The second-order valence-electron chi connectivity index (χ2n) is 4.30. The minimum absolute atomic E-state index is 0. The van der Waals surface area contributed by atoms with E-state index in [-0.39, 0.29) is 30.6 Å². The quantitative estimate of drug-likeness (QED) is 0.817. The van der Waals surface area contributed by atoms with Gasteiger partial charge in [0.25, 0.3) is 0 Å². The SMILES string of the molecule is Cl.O=C(CNCc1cccs1)Nc1ccc(OC(F)(F)F)cc1. The van der Waals surface area contributed by atoms with Gasteiger partial charge in [-0.1, -0.05) is 6.07 Å². The maximum atomic E-state index is 12.0. The molecule has 1 aromatic heterocycles. The molecule has 0 atom stereocenters. The van der Waals surface area contributed by atoms with E-state index in [1.165, 1.54) is 12.1 Å². The number of alkyl halides is 3. The van der Waals surface area contributed by atoms with E-state index in [2.05, 4.69) is 15.4 Å². The van der Waals surface area contributed by atoms with E-state index >= 15 is 0 Å². The first-order valence-electron chi connectivity index (χ1n) is 6.31. The molecule has 0 radical (unpaired) electrons. The highest BCUT2D eigenvalue weighted by molar-refractivity contribution is 7.09. The summed E-state index contributed by atoms with van der Waals surface area (Å²) in [7, 11) is 0. The number of anilines is 1. The van der Waals surface area contributed by atoms with Gasteiger partial charge in [-0.3, -0.25) is 4.79 Å². The van der Waals surface area contributed by atoms with E-state index in [4.69, 9.17) is 0 Å². The number of rotatable bonds is 6. The molecular weight excluding hydrogens is 353 g/mol. The lowest BCUT2D eigenvalue weighted by Gasteiger charge is -2.10. The molecule has 2 rings (SSSR count).